The van der Waals surface area contributed by atoms with Crippen molar-refractivity contribution in [1.29, 1.82) is 0 Å². The number of nitrogens with one attached hydrogen (secondary N) is 1. The van der Waals surface area contributed by atoms with Crippen molar-refractivity contribution in [2.75, 3.05) is 12.3 Å². The van der Waals surface area contributed by atoms with Crippen molar-refractivity contribution >= 4 is 33.2 Å². The molecule has 0 radical (unpaired) electrons. The van der Waals surface area contributed by atoms with Gasteiger partial charge in [0, 0.05) is 0 Å². The molecule has 14 nitrogen and oxygen atoms in total. The number of carbonyl (C=O) groups excluding carboxylic acids is 1. The number of fused-ring (bicyclic) bond motifs is 1. The molecule has 0 spiro atoms. The van der Waals surface area contributed by atoms with Gasteiger partial charge in [0.1, 0.15) is 36.3 Å². The van der Waals surface area contributed by atoms with Crippen molar-refractivity contribution in [2.45, 2.75) is 51.4 Å². The molecule has 0 aromatic carbocycles. The number of aliphatic hydroxyl groups is 3. The molecule has 0 bridgehead atoms. The van der Waals surface area contributed by atoms with Crippen molar-refractivity contribution in [3.05, 3.63) is 12.7 Å². The number of nitrogens with zero attached hydrogens (tertiary/aromatic N) is 4. The Morgan fingerprint density at radius 2 is 2.00 bits per heavy atom. The number of nitrogen functional groups attached to an aromatic ring is 1. The highest BCUT2D eigenvalue weighted by Crippen LogP contribution is 2.32. The second-order valence-electron chi connectivity index (χ2n) is 8.10. The zero-order chi connectivity index (χ0) is 23.1. The molecule has 31 heavy (non-hydrogen) atoms. The third-order valence-electron chi connectivity index (χ3n) is 4.68. The molecule has 6 N–H and O–H groups in total. The molecular weight excluding hydrogens is 436 g/mol. The van der Waals surface area contributed by atoms with Crippen molar-refractivity contribution in [2.24, 2.45) is 5.41 Å². The summed E-state index contributed by atoms with van der Waals surface area (Å²) in [5.74, 6) is -1.06. The molecule has 2 aromatic heterocycles. The van der Waals surface area contributed by atoms with Crippen LogP contribution in [0.4, 0.5) is 5.82 Å². The predicted octanol–water partition coefficient (Wildman–Crippen LogP) is -2.19. The van der Waals surface area contributed by atoms with Crippen LogP contribution in [0.3, 0.4) is 0 Å². The topological polar surface area (TPSA) is 212 Å². The molecule has 3 heterocycles. The minimum Gasteiger partial charge on any atom is -0.387 e. The lowest BCUT2D eigenvalue weighted by Gasteiger charge is -2.24. The summed E-state index contributed by atoms with van der Waals surface area (Å²) in [4.78, 5) is 23.8. The molecule has 3 rings (SSSR count). The number of ether oxygens (including phenoxy) is 1. The van der Waals surface area contributed by atoms with E-state index in [-0.39, 0.29) is 17.0 Å². The minimum atomic E-state index is -4.61. The first kappa shape index (κ1) is 23.2. The SMILES string of the molecule is CC(C)(C)C(O)C(=O)NS(=O)(=O)OC[C@H]1O[C@@H](n2cnc3c(N)ncnc32)[C@H](O)[C@@H]1O. The van der Waals surface area contributed by atoms with E-state index < -0.39 is 58.9 Å². The summed E-state index contributed by atoms with van der Waals surface area (Å²) >= 11 is 0. The Hall–Kier alpha value is -2.43. The molecule has 1 fully saturated rings. The molecule has 1 saturated heterocycles. The van der Waals surface area contributed by atoms with Gasteiger partial charge in [-0.3, -0.25) is 13.5 Å². The molecule has 1 aliphatic heterocycles. The van der Waals surface area contributed by atoms with Crippen LogP contribution in [-0.2, 0) is 24.0 Å². The van der Waals surface area contributed by atoms with E-state index in [1.54, 1.807) is 25.5 Å². The highest BCUT2D eigenvalue weighted by molar-refractivity contribution is 7.85. The third-order valence-corrected chi connectivity index (χ3v) is 5.58. The van der Waals surface area contributed by atoms with Gasteiger partial charge in [-0.1, -0.05) is 20.8 Å². The van der Waals surface area contributed by atoms with Gasteiger partial charge in [0.05, 0.1) is 12.9 Å². The van der Waals surface area contributed by atoms with Gasteiger partial charge < -0.3 is 25.8 Å². The first-order chi connectivity index (χ1) is 14.3. The summed E-state index contributed by atoms with van der Waals surface area (Å²) < 4.78 is 37.2. The van der Waals surface area contributed by atoms with Gasteiger partial charge in [0.15, 0.2) is 17.7 Å². The Labute approximate surface area is 177 Å². The van der Waals surface area contributed by atoms with Crippen molar-refractivity contribution in [3.8, 4) is 0 Å². The third kappa shape index (κ3) is 4.76. The Morgan fingerprint density at radius 3 is 2.65 bits per heavy atom. The number of rotatable bonds is 6. The summed E-state index contributed by atoms with van der Waals surface area (Å²) in [7, 11) is -4.61. The fourth-order valence-electron chi connectivity index (χ4n) is 2.91. The number of nitrogens with two attached hydrogens (primary N) is 1. The number of amides is 1. The smallest absolute Gasteiger partial charge is 0.362 e. The van der Waals surface area contributed by atoms with Gasteiger partial charge in [-0.2, -0.15) is 8.42 Å². The second-order valence-corrected chi connectivity index (χ2v) is 9.45. The maximum absolute atomic E-state index is 12.0. The number of carbonyl (C=O) groups is 1. The predicted molar refractivity (Wildman–Crippen MR) is 104 cm³/mol. The molecule has 15 heteroatoms. The summed E-state index contributed by atoms with van der Waals surface area (Å²) in [6.45, 7) is 3.93. The first-order valence-electron chi connectivity index (χ1n) is 9.15. The number of anilines is 1. The van der Waals surface area contributed by atoms with E-state index in [1.165, 1.54) is 17.2 Å². The highest BCUT2D eigenvalue weighted by atomic mass is 32.2. The second kappa shape index (κ2) is 8.25. The number of aliphatic hydroxyl groups excluding tert-OH is 3. The van der Waals surface area contributed by atoms with Crippen LogP contribution in [0.15, 0.2) is 12.7 Å². The average Bonchev–Trinajstić information content (AvgIpc) is 3.21. The molecule has 1 unspecified atom stereocenters. The Bertz CT molecular complexity index is 1070. The Balaban J connectivity index is 1.68. The molecule has 5 atom stereocenters. The summed E-state index contributed by atoms with van der Waals surface area (Å²) in [5, 5.41) is 30.5. The Morgan fingerprint density at radius 1 is 1.32 bits per heavy atom. The van der Waals surface area contributed by atoms with Crippen LogP contribution in [0, 0.1) is 5.41 Å². The quantitative estimate of drug-likeness (QED) is 0.311. The molecule has 0 aliphatic carbocycles. The molecule has 0 saturated carbocycles. The minimum absolute atomic E-state index is 0.107. The van der Waals surface area contributed by atoms with Gasteiger partial charge in [0.2, 0.25) is 0 Å². The molecule has 2 aromatic rings. The molecule has 1 aliphatic rings. The van der Waals surface area contributed by atoms with Gasteiger partial charge in [-0.15, -0.1) is 0 Å². The highest BCUT2D eigenvalue weighted by Gasteiger charge is 2.45. The lowest BCUT2D eigenvalue weighted by molar-refractivity contribution is -0.132. The average molecular weight is 460 g/mol. The van der Waals surface area contributed by atoms with Crippen LogP contribution in [0.1, 0.15) is 27.0 Å². The lowest BCUT2D eigenvalue weighted by Crippen LogP contribution is -2.46. The summed E-state index contributed by atoms with van der Waals surface area (Å²) in [5.41, 5.74) is 5.32. The summed E-state index contributed by atoms with van der Waals surface area (Å²) in [6, 6.07) is 0. The number of imidazole rings is 1. The van der Waals surface area contributed by atoms with E-state index in [1.807, 2.05) is 0 Å². The van der Waals surface area contributed by atoms with E-state index in [0.29, 0.717) is 0 Å². The van der Waals surface area contributed by atoms with Crippen LogP contribution in [0.5, 0.6) is 0 Å². The monoisotopic (exact) mass is 460 g/mol. The maximum Gasteiger partial charge on any atom is 0.362 e. The number of hydrogen-bond donors (Lipinski definition) is 5. The van der Waals surface area contributed by atoms with E-state index in [2.05, 4.69) is 15.0 Å². The van der Waals surface area contributed by atoms with Crippen LogP contribution >= 0.6 is 0 Å². The Kier molecular flexibility index (Phi) is 6.18. The molecular formula is C16H24N6O8S. The van der Waals surface area contributed by atoms with Crippen LogP contribution < -0.4 is 10.5 Å². The van der Waals surface area contributed by atoms with Crippen LogP contribution in [0.2, 0.25) is 0 Å². The number of aromatic nitrogens is 4. The van der Waals surface area contributed by atoms with Crippen molar-refractivity contribution < 1.29 is 37.5 Å². The fourth-order valence-corrected chi connectivity index (χ4v) is 3.64. The van der Waals surface area contributed by atoms with Gasteiger partial charge in [0.25, 0.3) is 5.91 Å². The zero-order valence-electron chi connectivity index (χ0n) is 16.9. The lowest BCUT2D eigenvalue weighted by atomic mass is 9.89. The van der Waals surface area contributed by atoms with Gasteiger partial charge in [-0.25, -0.2) is 19.7 Å². The van der Waals surface area contributed by atoms with Crippen LogP contribution in [0.25, 0.3) is 11.2 Å². The molecule has 1 amide bonds. The van der Waals surface area contributed by atoms with Crippen LogP contribution in [-0.4, -0.2) is 80.2 Å². The van der Waals surface area contributed by atoms with Gasteiger partial charge >= 0.3 is 10.3 Å². The number of hydrogen-bond acceptors (Lipinski definition) is 12. The molecule has 172 valence electrons. The summed E-state index contributed by atoms with van der Waals surface area (Å²) in [6.07, 6.45) is -4.55. The standard InChI is InChI=1S/C16H24N6O8S/c1-16(2,3)11(25)14(26)21-31(27,28)29-4-7-9(23)10(24)15(30-7)22-6-20-8-12(17)18-5-19-13(8)22/h5-7,9-11,15,23-25H,4H2,1-3H3,(H,21,26)(H2,17,18,19)/t7-,9-,10-,11?,15-/m1/s1. The van der Waals surface area contributed by atoms with Gasteiger partial charge in [-0.05, 0) is 5.41 Å². The van der Waals surface area contributed by atoms with E-state index in [9.17, 15) is 28.5 Å². The van der Waals surface area contributed by atoms with E-state index in [0.717, 1.165) is 0 Å². The largest absolute Gasteiger partial charge is 0.387 e. The first-order valence-corrected chi connectivity index (χ1v) is 10.6. The van der Waals surface area contributed by atoms with Crippen molar-refractivity contribution in [3.63, 3.8) is 0 Å². The van der Waals surface area contributed by atoms with E-state index in [4.69, 9.17) is 14.7 Å². The fraction of sp³-hybridized carbons (Fsp3) is 0.625. The van der Waals surface area contributed by atoms with Crippen molar-refractivity contribution in [1.82, 2.24) is 24.2 Å². The van der Waals surface area contributed by atoms with E-state index >= 15 is 0 Å². The maximum atomic E-state index is 12.0. The zero-order valence-corrected chi connectivity index (χ0v) is 17.7. The normalized spacial score (nSPS) is 25.6.